The van der Waals surface area contributed by atoms with Crippen LogP contribution < -0.4 is 15.4 Å². The Morgan fingerprint density at radius 1 is 1.19 bits per heavy atom. The Morgan fingerprint density at radius 3 is 2.71 bits per heavy atom. The molecular weight excluding hydrogens is 288 g/mol. The maximum absolute atomic E-state index is 11.7. The zero-order valence-corrected chi connectivity index (χ0v) is 12.7. The predicted octanol–water partition coefficient (Wildman–Crippen LogP) is 4.11. The maximum Gasteiger partial charge on any atom is 0.321 e. The van der Waals surface area contributed by atoms with Gasteiger partial charge in [0.25, 0.3) is 0 Å². The van der Waals surface area contributed by atoms with E-state index in [4.69, 9.17) is 16.3 Å². The molecule has 2 rings (SSSR count). The van der Waals surface area contributed by atoms with E-state index >= 15 is 0 Å². The molecule has 0 spiro atoms. The number of amides is 2. The Morgan fingerprint density at radius 2 is 2.00 bits per heavy atom. The molecular formula is C16H17ClN2O2. The van der Waals surface area contributed by atoms with Crippen molar-refractivity contribution in [1.82, 2.24) is 5.32 Å². The molecule has 5 heteroatoms. The van der Waals surface area contributed by atoms with Crippen molar-refractivity contribution >= 4 is 23.3 Å². The highest BCUT2D eigenvalue weighted by atomic mass is 35.5. The molecule has 0 bridgehead atoms. The zero-order valence-electron chi connectivity index (χ0n) is 11.9. The minimum Gasteiger partial charge on any atom is -0.473 e. The lowest BCUT2D eigenvalue weighted by atomic mass is 10.1. The van der Waals surface area contributed by atoms with Gasteiger partial charge in [-0.3, -0.25) is 0 Å². The molecule has 0 fully saturated rings. The summed E-state index contributed by atoms with van der Waals surface area (Å²) >= 11 is 5.85. The van der Waals surface area contributed by atoms with Gasteiger partial charge in [0.15, 0.2) is 6.73 Å². The average molecular weight is 305 g/mol. The van der Waals surface area contributed by atoms with E-state index < -0.39 is 0 Å². The van der Waals surface area contributed by atoms with Crippen LogP contribution in [0.5, 0.6) is 5.75 Å². The van der Waals surface area contributed by atoms with Gasteiger partial charge in [0.05, 0.1) is 0 Å². The third-order valence-electron chi connectivity index (χ3n) is 2.87. The summed E-state index contributed by atoms with van der Waals surface area (Å²) in [6.07, 6.45) is 0. The summed E-state index contributed by atoms with van der Waals surface area (Å²) < 4.78 is 5.53. The van der Waals surface area contributed by atoms with Gasteiger partial charge in [0.1, 0.15) is 5.75 Å². The van der Waals surface area contributed by atoms with Crippen LogP contribution >= 0.6 is 11.6 Å². The van der Waals surface area contributed by atoms with E-state index in [9.17, 15) is 4.79 Å². The highest BCUT2D eigenvalue weighted by Crippen LogP contribution is 2.18. The van der Waals surface area contributed by atoms with Crippen LogP contribution in [0.25, 0.3) is 0 Å². The first kappa shape index (κ1) is 15.2. The van der Waals surface area contributed by atoms with Crippen molar-refractivity contribution in [2.24, 2.45) is 0 Å². The van der Waals surface area contributed by atoms with Crippen molar-refractivity contribution in [2.45, 2.75) is 13.8 Å². The summed E-state index contributed by atoms with van der Waals surface area (Å²) in [6.45, 7) is 4.08. The highest BCUT2D eigenvalue weighted by Gasteiger charge is 2.03. The quantitative estimate of drug-likeness (QED) is 0.835. The summed E-state index contributed by atoms with van der Waals surface area (Å²) in [6, 6.07) is 12.5. The fourth-order valence-electron chi connectivity index (χ4n) is 1.88. The van der Waals surface area contributed by atoms with E-state index in [1.54, 1.807) is 24.3 Å². The largest absolute Gasteiger partial charge is 0.473 e. The number of nitrogens with one attached hydrogen (secondary N) is 2. The van der Waals surface area contributed by atoms with E-state index in [-0.39, 0.29) is 12.8 Å². The Labute approximate surface area is 129 Å². The monoisotopic (exact) mass is 304 g/mol. The van der Waals surface area contributed by atoms with Gasteiger partial charge in [-0.2, -0.15) is 0 Å². The molecule has 4 nitrogen and oxygen atoms in total. The second-order valence-electron chi connectivity index (χ2n) is 4.70. The lowest BCUT2D eigenvalue weighted by Crippen LogP contribution is -2.32. The lowest BCUT2D eigenvalue weighted by molar-refractivity contribution is 0.234. The topological polar surface area (TPSA) is 50.4 Å². The molecule has 110 valence electrons. The second-order valence-corrected chi connectivity index (χ2v) is 5.14. The molecule has 2 aromatic rings. The Kier molecular flexibility index (Phi) is 5.06. The fraction of sp³-hybridized carbons (Fsp3) is 0.188. The summed E-state index contributed by atoms with van der Waals surface area (Å²) in [7, 11) is 0. The van der Waals surface area contributed by atoms with Gasteiger partial charge in [-0.15, -0.1) is 0 Å². The molecule has 21 heavy (non-hydrogen) atoms. The number of carbonyl (C=O) groups is 1. The SMILES string of the molecule is Cc1ccc(OCNC(=O)Nc2cccc(Cl)c2)c(C)c1. The van der Waals surface area contributed by atoms with Crippen molar-refractivity contribution in [3.8, 4) is 5.75 Å². The standard InChI is InChI=1S/C16H17ClN2O2/c1-11-6-7-15(12(2)8-11)21-10-18-16(20)19-14-5-3-4-13(17)9-14/h3-9H,10H2,1-2H3,(H2,18,19,20). The molecule has 2 N–H and O–H groups in total. The van der Waals surface area contributed by atoms with Crippen molar-refractivity contribution in [1.29, 1.82) is 0 Å². The van der Waals surface area contributed by atoms with Crippen LogP contribution in [0.3, 0.4) is 0 Å². The van der Waals surface area contributed by atoms with E-state index in [1.807, 2.05) is 32.0 Å². The van der Waals surface area contributed by atoms with Crippen molar-refractivity contribution in [2.75, 3.05) is 12.0 Å². The van der Waals surface area contributed by atoms with Gasteiger partial charge >= 0.3 is 6.03 Å². The Balaban J connectivity index is 1.81. The van der Waals surface area contributed by atoms with E-state index in [2.05, 4.69) is 10.6 Å². The molecule has 0 aromatic heterocycles. The fourth-order valence-corrected chi connectivity index (χ4v) is 2.07. The van der Waals surface area contributed by atoms with E-state index in [0.29, 0.717) is 10.7 Å². The van der Waals surface area contributed by atoms with Crippen molar-refractivity contribution in [3.05, 3.63) is 58.6 Å². The number of halogens is 1. The minimum atomic E-state index is -0.345. The van der Waals surface area contributed by atoms with Crippen LogP contribution in [0.4, 0.5) is 10.5 Å². The van der Waals surface area contributed by atoms with Gasteiger partial charge in [-0.05, 0) is 43.7 Å². The number of urea groups is 1. The lowest BCUT2D eigenvalue weighted by Gasteiger charge is -2.11. The first-order valence-electron chi connectivity index (χ1n) is 6.55. The molecule has 0 saturated carbocycles. The van der Waals surface area contributed by atoms with E-state index in [1.165, 1.54) is 5.56 Å². The molecule has 0 aliphatic heterocycles. The second kappa shape index (κ2) is 6.99. The maximum atomic E-state index is 11.7. The Bertz CT molecular complexity index is 644. The van der Waals surface area contributed by atoms with Crippen LogP contribution in [0.15, 0.2) is 42.5 Å². The molecule has 0 atom stereocenters. The molecule has 0 aliphatic carbocycles. The smallest absolute Gasteiger partial charge is 0.321 e. The van der Waals surface area contributed by atoms with E-state index in [0.717, 1.165) is 11.3 Å². The number of carbonyl (C=O) groups excluding carboxylic acids is 1. The molecule has 0 unspecified atom stereocenters. The van der Waals surface area contributed by atoms with Crippen molar-refractivity contribution in [3.63, 3.8) is 0 Å². The number of hydrogen-bond acceptors (Lipinski definition) is 2. The normalized spacial score (nSPS) is 10.0. The average Bonchev–Trinajstić information content (AvgIpc) is 2.41. The van der Waals surface area contributed by atoms with Gasteiger partial charge < -0.3 is 15.4 Å². The van der Waals surface area contributed by atoms with Crippen LogP contribution in [0.2, 0.25) is 5.02 Å². The molecule has 0 heterocycles. The van der Waals surface area contributed by atoms with Crippen LogP contribution in [-0.2, 0) is 0 Å². The molecule has 2 aromatic carbocycles. The summed E-state index contributed by atoms with van der Waals surface area (Å²) in [5.41, 5.74) is 2.84. The molecule has 0 aliphatic rings. The Hall–Kier alpha value is -2.20. The first-order valence-corrected chi connectivity index (χ1v) is 6.93. The number of benzene rings is 2. The number of rotatable bonds is 4. The molecule has 0 radical (unpaired) electrons. The highest BCUT2D eigenvalue weighted by molar-refractivity contribution is 6.30. The van der Waals surface area contributed by atoms with Crippen LogP contribution in [0, 0.1) is 13.8 Å². The van der Waals surface area contributed by atoms with Crippen LogP contribution in [0.1, 0.15) is 11.1 Å². The summed E-state index contributed by atoms with van der Waals surface area (Å²) in [4.78, 5) is 11.7. The molecule has 0 saturated heterocycles. The van der Waals surface area contributed by atoms with Gasteiger partial charge in [0.2, 0.25) is 0 Å². The van der Waals surface area contributed by atoms with Crippen molar-refractivity contribution < 1.29 is 9.53 Å². The minimum absolute atomic E-state index is 0.0936. The van der Waals surface area contributed by atoms with Crippen LogP contribution in [-0.4, -0.2) is 12.8 Å². The number of anilines is 1. The molecule has 2 amide bonds. The third kappa shape index (κ3) is 4.68. The summed E-state index contributed by atoms with van der Waals surface area (Å²) in [5.74, 6) is 0.753. The summed E-state index contributed by atoms with van der Waals surface area (Å²) in [5, 5.41) is 5.87. The number of ether oxygens (including phenoxy) is 1. The van der Waals surface area contributed by atoms with Gasteiger partial charge in [-0.25, -0.2) is 4.79 Å². The first-order chi connectivity index (χ1) is 10.0. The third-order valence-corrected chi connectivity index (χ3v) is 3.11. The van der Waals surface area contributed by atoms with Gasteiger partial charge in [-0.1, -0.05) is 35.4 Å². The number of hydrogen-bond donors (Lipinski definition) is 2. The van der Waals surface area contributed by atoms with Gasteiger partial charge in [0, 0.05) is 10.7 Å². The predicted molar refractivity (Wildman–Crippen MR) is 85.0 cm³/mol. The number of aryl methyl sites for hydroxylation is 2. The zero-order chi connectivity index (χ0) is 15.2.